The monoisotopic (exact) mass is 222 g/mol. The predicted molar refractivity (Wildman–Crippen MR) is 62.5 cm³/mol. The van der Waals surface area contributed by atoms with Crippen LogP contribution < -0.4 is 0 Å². The van der Waals surface area contributed by atoms with E-state index in [9.17, 15) is 10.1 Å². The fourth-order valence-corrected chi connectivity index (χ4v) is 1.86. The number of hydrogen-bond acceptors (Lipinski definition) is 3. The molecule has 2 rings (SSSR count). The molecule has 0 fully saturated rings. The third kappa shape index (κ3) is 1.83. The number of nitrogens with one attached hydrogen (secondary N) is 1. The Hall–Kier alpha value is -1.49. The molecule has 2 aromatic rings. The lowest BCUT2D eigenvalue weighted by molar-refractivity contribution is -0.384. The zero-order chi connectivity index (χ0) is 10.8. The van der Waals surface area contributed by atoms with E-state index < -0.39 is 4.92 Å². The first-order valence-corrected chi connectivity index (χ1v) is 5.21. The third-order valence-corrected chi connectivity index (χ3v) is 2.57. The maximum absolute atomic E-state index is 10.6. The number of aryl methyl sites for hydroxylation is 1. The number of aromatic amines is 1. The van der Waals surface area contributed by atoms with Crippen LogP contribution >= 0.6 is 12.6 Å². The van der Waals surface area contributed by atoms with E-state index in [1.165, 1.54) is 6.07 Å². The topological polar surface area (TPSA) is 58.9 Å². The molecule has 1 aromatic heterocycles. The van der Waals surface area contributed by atoms with Crippen molar-refractivity contribution in [2.45, 2.75) is 6.42 Å². The molecular formula is C10H10N2O2S. The van der Waals surface area contributed by atoms with Gasteiger partial charge in [0, 0.05) is 23.7 Å². The Bertz CT molecular complexity index is 507. The van der Waals surface area contributed by atoms with Crippen molar-refractivity contribution in [2.24, 2.45) is 0 Å². The first kappa shape index (κ1) is 10.0. The van der Waals surface area contributed by atoms with Gasteiger partial charge in [-0.05, 0) is 23.8 Å². The van der Waals surface area contributed by atoms with Crippen molar-refractivity contribution in [1.29, 1.82) is 0 Å². The van der Waals surface area contributed by atoms with E-state index in [2.05, 4.69) is 17.6 Å². The molecule has 15 heavy (non-hydrogen) atoms. The van der Waals surface area contributed by atoms with Gasteiger partial charge in [0.2, 0.25) is 0 Å². The van der Waals surface area contributed by atoms with Crippen LogP contribution in [0.2, 0.25) is 0 Å². The van der Waals surface area contributed by atoms with Crippen molar-refractivity contribution in [3.63, 3.8) is 0 Å². The molecule has 0 unspecified atom stereocenters. The summed E-state index contributed by atoms with van der Waals surface area (Å²) in [6, 6.07) is 4.86. The molecule has 0 aliphatic heterocycles. The first-order chi connectivity index (χ1) is 7.22. The van der Waals surface area contributed by atoms with E-state index in [0.29, 0.717) is 0 Å². The van der Waals surface area contributed by atoms with Crippen molar-refractivity contribution in [3.8, 4) is 0 Å². The number of thiol groups is 1. The number of fused-ring (bicyclic) bond motifs is 1. The number of nitro groups is 1. The summed E-state index contributed by atoms with van der Waals surface area (Å²) in [5.74, 6) is 0.768. The summed E-state index contributed by atoms with van der Waals surface area (Å²) in [5, 5.41) is 11.6. The van der Waals surface area contributed by atoms with Gasteiger partial charge in [-0.25, -0.2) is 0 Å². The summed E-state index contributed by atoms with van der Waals surface area (Å²) in [5.41, 5.74) is 2.07. The maximum atomic E-state index is 10.6. The fraction of sp³-hybridized carbons (Fsp3) is 0.200. The van der Waals surface area contributed by atoms with E-state index in [1.54, 1.807) is 12.1 Å². The van der Waals surface area contributed by atoms with Crippen LogP contribution in [0.4, 0.5) is 5.69 Å². The number of aromatic nitrogens is 1. The molecule has 0 bridgehead atoms. The molecule has 0 aliphatic rings. The Morgan fingerprint density at radius 1 is 1.47 bits per heavy atom. The van der Waals surface area contributed by atoms with Gasteiger partial charge < -0.3 is 4.98 Å². The summed E-state index contributed by atoms with van der Waals surface area (Å²) >= 11 is 4.16. The van der Waals surface area contributed by atoms with Gasteiger partial charge in [0.15, 0.2) is 0 Å². The second kappa shape index (κ2) is 3.94. The molecular weight excluding hydrogens is 212 g/mol. The molecule has 0 spiro atoms. The van der Waals surface area contributed by atoms with Crippen molar-refractivity contribution in [3.05, 3.63) is 40.1 Å². The van der Waals surface area contributed by atoms with Gasteiger partial charge in [-0.1, -0.05) is 0 Å². The molecule has 78 valence electrons. The van der Waals surface area contributed by atoms with Gasteiger partial charge in [-0.2, -0.15) is 12.6 Å². The Labute approximate surface area is 91.9 Å². The summed E-state index contributed by atoms with van der Waals surface area (Å²) in [7, 11) is 0. The number of hydrogen-bond donors (Lipinski definition) is 2. The molecule has 1 N–H and O–H groups in total. The van der Waals surface area contributed by atoms with Crippen LogP contribution in [0, 0.1) is 10.1 Å². The molecule has 0 saturated heterocycles. The van der Waals surface area contributed by atoms with E-state index in [4.69, 9.17) is 0 Å². The molecule has 1 aromatic carbocycles. The number of rotatable bonds is 3. The smallest absolute Gasteiger partial charge is 0.271 e. The number of nitro benzene ring substituents is 1. The summed E-state index contributed by atoms with van der Waals surface area (Å²) in [6.45, 7) is 0. The van der Waals surface area contributed by atoms with E-state index in [-0.39, 0.29) is 5.69 Å². The van der Waals surface area contributed by atoms with Crippen LogP contribution in [0.3, 0.4) is 0 Å². The van der Waals surface area contributed by atoms with E-state index in [0.717, 1.165) is 28.6 Å². The third-order valence-electron chi connectivity index (χ3n) is 2.34. The highest BCUT2D eigenvalue weighted by Gasteiger charge is 2.09. The van der Waals surface area contributed by atoms with Crippen molar-refractivity contribution in [2.75, 3.05) is 5.75 Å². The van der Waals surface area contributed by atoms with Gasteiger partial charge in [-0.15, -0.1) is 0 Å². The molecule has 1 heterocycles. The highest BCUT2D eigenvalue weighted by Crippen LogP contribution is 2.23. The minimum atomic E-state index is -0.390. The van der Waals surface area contributed by atoms with Crippen LogP contribution in [0.15, 0.2) is 24.4 Å². The quantitative estimate of drug-likeness (QED) is 0.476. The Balaban J connectivity index is 2.51. The predicted octanol–water partition coefficient (Wildman–Crippen LogP) is 2.55. The SMILES string of the molecule is O=[N+]([O-])c1ccc2c(CCS)c[nH]c2c1. The molecule has 0 aliphatic carbocycles. The lowest BCUT2D eigenvalue weighted by Crippen LogP contribution is -1.87. The van der Waals surface area contributed by atoms with Gasteiger partial charge in [0.05, 0.1) is 10.4 Å². The molecule has 0 radical (unpaired) electrons. The highest BCUT2D eigenvalue weighted by molar-refractivity contribution is 7.80. The Morgan fingerprint density at radius 2 is 2.27 bits per heavy atom. The van der Waals surface area contributed by atoms with Crippen LogP contribution in [0.25, 0.3) is 10.9 Å². The number of nitrogens with zero attached hydrogens (tertiary/aromatic N) is 1. The molecule has 5 heteroatoms. The van der Waals surface area contributed by atoms with E-state index >= 15 is 0 Å². The lowest BCUT2D eigenvalue weighted by atomic mass is 10.1. The number of non-ortho nitro benzene ring substituents is 1. The van der Waals surface area contributed by atoms with Gasteiger partial charge >= 0.3 is 0 Å². The molecule has 0 amide bonds. The van der Waals surface area contributed by atoms with Crippen molar-refractivity contribution >= 4 is 29.2 Å². The zero-order valence-corrected chi connectivity index (χ0v) is 8.83. The largest absolute Gasteiger partial charge is 0.361 e. The van der Waals surface area contributed by atoms with Crippen LogP contribution in [-0.4, -0.2) is 15.7 Å². The number of H-pyrrole nitrogens is 1. The fourth-order valence-electron chi connectivity index (χ4n) is 1.62. The van der Waals surface area contributed by atoms with Crippen molar-refractivity contribution in [1.82, 2.24) is 4.98 Å². The minimum Gasteiger partial charge on any atom is -0.361 e. The zero-order valence-electron chi connectivity index (χ0n) is 7.93. The van der Waals surface area contributed by atoms with Gasteiger partial charge in [0.25, 0.3) is 5.69 Å². The van der Waals surface area contributed by atoms with Gasteiger partial charge in [-0.3, -0.25) is 10.1 Å². The molecule has 0 saturated carbocycles. The molecule has 0 atom stereocenters. The van der Waals surface area contributed by atoms with Crippen LogP contribution in [0.5, 0.6) is 0 Å². The van der Waals surface area contributed by atoms with Crippen LogP contribution in [-0.2, 0) is 6.42 Å². The first-order valence-electron chi connectivity index (χ1n) is 4.57. The second-order valence-corrected chi connectivity index (χ2v) is 3.72. The number of benzene rings is 1. The normalized spacial score (nSPS) is 10.7. The lowest BCUT2D eigenvalue weighted by Gasteiger charge is -1.95. The Kier molecular flexibility index (Phi) is 2.64. The molecule has 4 nitrogen and oxygen atoms in total. The summed E-state index contributed by atoms with van der Waals surface area (Å²) in [4.78, 5) is 13.2. The van der Waals surface area contributed by atoms with Crippen molar-refractivity contribution < 1.29 is 4.92 Å². The van der Waals surface area contributed by atoms with Crippen LogP contribution in [0.1, 0.15) is 5.56 Å². The summed E-state index contributed by atoms with van der Waals surface area (Å²) < 4.78 is 0. The average molecular weight is 222 g/mol. The maximum Gasteiger partial charge on any atom is 0.271 e. The second-order valence-electron chi connectivity index (χ2n) is 3.27. The minimum absolute atomic E-state index is 0.113. The highest BCUT2D eigenvalue weighted by atomic mass is 32.1. The average Bonchev–Trinajstić information content (AvgIpc) is 2.61. The summed E-state index contributed by atoms with van der Waals surface area (Å²) in [6.07, 6.45) is 2.74. The Morgan fingerprint density at radius 3 is 2.93 bits per heavy atom. The standard InChI is InChI=1S/C10H10N2O2S/c13-12(14)8-1-2-9-7(3-4-15)6-11-10(9)5-8/h1-2,5-6,11,15H,3-4H2. The van der Waals surface area contributed by atoms with Gasteiger partial charge in [0.1, 0.15) is 0 Å². The van der Waals surface area contributed by atoms with E-state index in [1.807, 2.05) is 6.20 Å².